The number of nitrogens with zero attached hydrogens (tertiary/aromatic N) is 2. The molecule has 4 nitrogen and oxygen atoms in total. The zero-order valence-electron chi connectivity index (χ0n) is 11.2. The van der Waals surface area contributed by atoms with E-state index in [1.165, 1.54) is 38.5 Å². The van der Waals surface area contributed by atoms with E-state index in [0.29, 0.717) is 6.04 Å². The van der Waals surface area contributed by atoms with Crippen molar-refractivity contribution in [1.29, 1.82) is 0 Å². The highest BCUT2D eigenvalue weighted by Gasteiger charge is 2.33. The first-order chi connectivity index (χ1) is 8.20. The molecule has 0 aromatic heterocycles. The van der Waals surface area contributed by atoms with Crippen molar-refractivity contribution in [3.63, 3.8) is 0 Å². The van der Waals surface area contributed by atoms with Crippen molar-refractivity contribution in [3.05, 3.63) is 0 Å². The molecular formula is C13H26N4. The molecule has 2 aliphatic carbocycles. The number of guanidine groups is 1. The summed E-state index contributed by atoms with van der Waals surface area (Å²) in [6, 6.07) is 0.480. The minimum atomic E-state index is 0.480. The molecular weight excluding hydrogens is 212 g/mol. The molecule has 0 amide bonds. The fraction of sp³-hybridized carbons (Fsp3) is 0.923. The lowest BCUT2D eigenvalue weighted by molar-refractivity contribution is 0.414. The first-order valence-electron chi connectivity index (χ1n) is 6.96. The molecule has 2 fully saturated rings. The highest BCUT2D eigenvalue weighted by molar-refractivity contribution is 5.79. The Kier molecular flexibility index (Phi) is 4.26. The number of hydrogen-bond acceptors (Lipinski definition) is 2. The summed E-state index contributed by atoms with van der Waals surface area (Å²) < 4.78 is 0. The van der Waals surface area contributed by atoms with E-state index in [9.17, 15) is 0 Å². The number of nitrogens with two attached hydrogens (primary N) is 1. The largest absolute Gasteiger partial charge is 0.345 e. The van der Waals surface area contributed by atoms with Crippen LogP contribution in [0.1, 0.15) is 45.4 Å². The van der Waals surface area contributed by atoms with Crippen molar-refractivity contribution in [2.24, 2.45) is 22.7 Å². The Morgan fingerprint density at radius 2 is 2.00 bits per heavy atom. The summed E-state index contributed by atoms with van der Waals surface area (Å²) in [7, 11) is 2.09. The molecule has 0 aliphatic heterocycles. The van der Waals surface area contributed by atoms with Crippen LogP contribution in [0.5, 0.6) is 0 Å². The molecule has 3 N–H and O–H groups in total. The monoisotopic (exact) mass is 238 g/mol. The molecule has 98 valence electrons. The van der Waals surface area contributed by atoms with Gasteiger partial charge < -0.3 is 4.90 Å². The third-order valence-corrected chi connectivity index (χ3v) is 4.15. The molecule has 2 aliphatic rings. The predicted octanol–water partition coefficient (Wildman–Crippen LogP) is 1.73. The molecule has 2 saturated carbocycles. The molecule has 0 aromatic rings. The quantitative estimate of drug-likeness (QED) is 0.341. The number of nitrogens with one attached hydrogen (secondary N) is 1. The van der Waals surface area contributed by atoms with Crippen molar-refractivity contribution in [3.8, 4) is 0 Å². The van der Waals surface area contributed by atoms with E-state index in [0.717, 1.165) is 24.3 Å². The van der Waals surface area contributed by atoms with Crippen molar-refractivity contribution in [2.45, 2.75) is 51.5 Å². The summed E-state index contributed by atoms with van der Waals surface area (Å²) in [5.74, 6) is 8.19. The van der Waals surface area contributed by atoms with Gasteiger partial charge >= 0.3 is 0 Å². The Morgan fingerprint density at radius 1 is 1.35 bits per heavy atom. The topological polar surface area (TPSA) is 53.6 Å². The molecule has 17 heavy (non-hydrogen) atoms. The van der Waals surface area contributed by atoms with Crippen LogP contribution in [0.15, 0.2) is 4.99 Å². The lowest BCUT2D eigenvalue weighted by Gasteiger charge is -2.24. The van der Waals surface area contributed by atoms with E-state index < -0.39 is 0 Å². The number of aliphatic imine (C=N–C) groups is 1. The first kappa shape index (κ1) is 12.7. The van der Waals surface area contributed by atoms with Crippen LogP contribution in [0.3, 0.4) is 0 Å². The summed E-state index contributed by atoms with van der Waals surface area (Å²) in [6.07, 6.45) is 7.79. The molecule has 0 bridgehead atoms. The van der Waals surface area contributed by atoms with Crippen LogP contribution in [0, 0.1) is 11.8 Å². The summed E-state index contributed by atoms with van der Waals surface area (Å²) in [5.41, 5.74) is 2.77. The average molecular weight is 238 g/mol. The Hall–Kier alpha value is -0.770. The van der Waals surface area contributed by atoms with Crippen LogP contribution in [-0.2, 0) is 0 Å². The summed E-state index contributed by atoms with van der Waals surface area (Å²) in [6.45, 7) is 3.39. The van der Waals surface area contributed by atoms with E-state index in [1.54, 1.807) is 0 Å². The van der Waals surface area contributed by atoms with Crippen LogP contribution in [0.2, 0.25) is 0 Å². The fourth-order valence-electron chi connectivity index (χ4n) is 2.72. The van der Waals surface area contributed by atoms with Crippen molar-refractivity contribution in [1.82, 2.24) is 10.3 Å². The highest BCUT2D eigenvalue weighted by Crippen LogP contribution is 2.37. The fourth-order valence-corrected chi connectivity index (χ4v) is 2.72. The molecule has 4 heteroatoms. The minimum absolute atomic E-state index is 0.480. The molecule has 0 heterocycles. The van der Waals surface area contributed by atoms with Crippen LogP contribution in [-0.4, -0.2) is 30.5 Å². The van der Waals surface area contributed by atoms with Gasteiger partial charge in [-0.2, -0.15) is 0 Å². The van der Waals surface area contributed by atoms with Crippen molar-refractivity contribution in [2.75, 3.05) is 13.6 Å². The number of hydrazine groups is 1. The zero-order valence-corrected chi connectivity index (χ0v) is 11.2. The van der Waals surface area contributed by atoms with Gasteiger partial charge in [0.15, 0.2) is 0 Å². The van der Waals surface area contributed by atoms with Crippen LogP contribution in [0.25, 0.3) is 0 Å². The van der Waals surface area contributed by atoms with Gasteiger partial charge in [-0.3, -0.25) is 5.43 Å². The Morgan fingerprint density at radius 3 is 2.53 bits per heavy atom. The van der Waals surface area contributed by atoms with E-state index in [4.69, 9.17) is 10.8 Å². The number of rotatable bonds is 3. The second-order valence-electron chi connectivity index (χ2n) is 5.74. The van der Waals surface area contributed by atoms with Gasteiger partial charge in [0.25, 0.3) is 0 Å². The molecule has 2 rings (SSSR count). The summed E-state index contributed by atoms with van der Waals surface area (Å²) >= 11 is 0. The standard InChI is InChI=1S/C13H26N4/c1-10-8-11(10)9-17(2)13(16-14)15-12-6-4-3-5-7-12/h10-12H,3-9,14H2,1-2H3,(H,15,16). The second-order valence-corrected chi connectivity index (χ2v) is 5.74. The van der Waals surface area contributed by atoms with E-state index in [1.807, 2.05) is 0 Å². The highest BCUT2D eigenvalue weighted by atomic mass is 15.4. The second kappa shape index (κ2) is 5.71. The van der Waals surface area contributed by atoms with Gasteiger partial charge in [0.1, 0.15) is 0 Å². The third-order valence-electron chi connectivity index (χ3n) is 4.15. The molecule has 0 aromatic carbocycles. The van der Waals surface area contributed by atoms with Crippen LogP contribution < -0.4 is 11.3 Å². The Labute approximate surface area is 105 Å². The summed E-state index contributed by atoms with van der Waals surface area (Å²) in [4.78, 5) is 6.95. The van der Waals surface area contributed by atoms with E-state index >= 15 is 0 Å². The maximum Gasteiger partial charge on any atom is 0.208 e. The SMILES string of the molecule is CC1CC1CN(C)C(=NC1CCCCC1)NN. The molecule has 2 unspecified atom stereocenters. The van der Waals surface area contributed by atoms with Gasteiger partial charge in [-0.05, 0) is 31.1 Å². The Balaban J connectivity index is 1.86. The maximum absolute atomic E-state index is 5.60. The predicted molar refractivity (Wildman–Crippen MR) is 71.5 cm³/mol. The van der Waals surface area contributed by atoms with E-state index in [-0.39, 0.29) is 0 Å². The van der Waals surface area contributed by atoms with Crippen molar-refractivity contribution < 1.29 is 0 Å². The maximum atomic E-state index is 5.60. The molecule has 0 radical (unpaired) electrons. The lowest BCUT2D eigenvalue weighted by atomic mass is 9.96. The smallest absolute Gasteiger partial charge is 0.208 e. The van der Waals surface area contributed by atoms with Gasteiger partial charge in [-0.25, -0.2) is 10.8 Å². The molecule has 2 atom stereocenters. The molecule has 0 saturated heterocycles. The van der Waals surface area contributed by atoms with Gasteiger partial charge in [-0.1, -0.05) is 26.2 Å². The Bertz CT molecular complexity index is 271. The first-order valence-corrected chi connectivity index (χ1v) is 6.96. The van der Waals surface area contributed by atoms with E-state index in [2.05, 4.69) is 24.3 Å². The number of hydrogen-bond donors (Lipinski definition) is 2. The van der Waals surface area contributed by atoms with Crippen LogP contribution >= 0.6 is 0 Å². The molecule has 0 spiro atoms. The van der Waals surface area contributed by atoms with Gasteiger partial charge in [-0.15, -0.1) is 0 Å². The van der Waals surface area contributed by atoms with Gasteiger partial charge in [0.05, 0.1) is 6.04 Å². The normalized spacial score (nSPS) is 30.2. The zero-order chi connectivity index (χ0) is 12.3. The summed E-state index contributed by atoms with van der Waals surface area (Å²) in [5, 5.41) is 0. The third kappa shape index (κ3) is 3.60. The average Bonchev–Trinajstić information content (AvgIpc) is 3.03. The van der Waals surface area contributed by atoms with Crippen molar-refractivity contribution >= 4 is 5.96 Å². The minimum Gasteiger partial charge on any atom is -0.345 e. The lowest BCUT2D eigenvalue weighted by Crippen LogP contribution is -2.44. The van der Waals surface area contributed by atoms with Crippen LogP contribution in [0.4, 0.5) is 0 Å². The van der Waals surface area contributed by atoms with Gasteiger partial charge in [0.2, 0.25) is 5.96 Å². The van der Waals surface area contributed by atoms with Gasteiger partial charge in [0, 0.05) is 13.6 Å².